The Hall–Kier alpha value is -1.91. The van der Waals surface area contributed by atoms with Crippen LogP contribution in [-0.4, -0.2) is 33.9 Å². The molecule has 3 rings (SSSR count). The Morgan fingerprint density at radius 1 is 1.20 bits per heavy atom. The summed E-state index contributed by atoms with van der Waals surface area (Å²) in [6, 6.07) is 4.84. The fourth-order valence-electron chi connectivity index (χ4n) is 2.71. The molecule has 0 spiro atoms. The van der Waals surface area contributed by atoms with Gasteiger partial charge in [-0.05, 0) is 30.7 Å². The lowest BCUT2D eigenvalue weighted by atomic mass is 10.2. The maximum Gasteiger partial charge on any atom is 0.243 e. The third kappa shape index (κ3) is 3.86. The lowest BCUT2D eigenvalue weighted by Gasteiger charge is -2.20. The molecule has 1 N–H and O–H groups in total. The van der Waals surface area contributed by atoms with E-state index in [1.54, 1.807) is 6.07 Å². The van der Waals surface area contributed by atoms with Crippen LogP contribution >= 0.6 is 0 Å². The normalized spacial score (nSPS) is 16.2. The number of rotatable bonds is 4. The molecule has 1 aromatic heterocycles. The average Bonchev–Trinajstić information content (AvgIpc) is 2.84. The first-order chi connectivity index (χ1) is 11.7. The molecule has 1 aromatic carbocycles. The molecular weight excluding hydrogens is 371 g/mol. The number of sulfonamides is 2. The average molecular weight is 388 g/mol. The summed E-state index contributed by atoms with van der Waals surface area (Å²) in [5, 5.41) is 0. The number of nitrogens with zero attached hydrogens (tertiary/aromatic N) is 1. The van der Waals surface area contributed by atoms with Crippen molar-refractivity contribution in [2.45, 2.75) is 24.3 Å². The van der Waals surface area contributed by atoms with Crippen molar-refractivity contribution in [3.8, 4) is 0 Å². The highest BCUT2D eigenvalue weighted by Gasteiger charge is 2.28. The smallest absolute Gasteiger partial charge is 0.243 e. The van der Waals surface area contributed by atoms with E-state index in [-0.39, 0.29) is 23.7 Å². The van der Waals surface area contributed by atoms with E-state index in [2.05, 4.69) is 0 Å². The van der Waals surface area contributed by atoms with Crippen LogP contribution in [0.4, 0.5) is 10.1 Å². The van der Waals surface area contributed by atoms with Gasteiger partial charge in [0, 0.05) is 25.1 Å². The van der Waals surface area contributed by atoms with E-state index in [1.165, 1.54) is 16.6 Å². The molecule has 0 aliphatic carbocycles. The van der Waals surface area contributed by atoms with Gasteiger partial charge in [0.2, 0.25) is 20.0 Å². The lowest BCUT2D eigenvalue weighted by molar-refractivity contribution is 0.409. The van der Waals surface area contributed by atoms with Crippen molar-refractivity contribution in [2.24, 2.45) is 0 Å². The van der Waals surface area contributed by atoms with Crippen LogP contribution in [0.25, 0.3) is 0 Å². The number of fused-ring (bicyclic) bond motifs is 1. The second-order valence-electron chi connectivity index (χ2n) is 5.83. The van der Waals surface area contributed by atoms with Gasteiger partial charge in [0.05, 0.1) is 23.1 Å². The first kappa shape index (κ1) is 17.9. The fourth-order valence-corrected chi connectivity index (χ4v) is 4.74. The highest BCUT2D eigenvalue weighted by Crippen LogP contribution is 2.27. The van der Waals surface area contributed by atoms with Crippen LogP contribution in [0.15, 0.2) is 39.8 Å². The maximum atomic E-state index is 14.1. The number of aryl methyl sites for hydroxylation is 1. The molecule has 0 atom stereocenters. The van der Waals surface area contributed by atoms with Crippen molar-refractivity contribution in [3.63, 3.8) is 0 Å². The van der Waals surface area contributed by atoms with E-state index in [4.69, 9.17) is 4.42 Å². The Balaban J connectivity index is 1.91. The number of nitrogens with one attached hydrogen (secondary N) is 1. The van der Waals surface area contributed by atoms with Gasteiger partial charge >= 0.3 is 0 Å². The minimum atomic E-state index is -3.91. The SMILES string of the molecule is CS(=O)(=O)Nc1ccc(S(=O)(=O)N2CCCc3occc3C2)cc1F. The molecule has 25 heavy (non-hydrogen) atoms. The van der Waals surface area contributed by atoms with E-state index >= 15 is 0 Å². The van der Waals surface area contributed by atoms with Crippen molar-refractivity contribution in [2.75, 3.05) is 17.5 Å². The third-order valence-corrected chi connectivity index (χ3v) is 6.30. The molecule has 2 aromatic rings. The fraction of sp³-hybridized carbons (Fsp3) is 0.333. The second-order valence-corrected chi connectivity index (χ2v) is 9.51. The van der Waals surface area contributed by atoms with Crippen LogP contribution in [-0.2, 0) is 33.0 Å². The number of hydrogen-bond donors (Lipinski definition) is 1. The maximum absolute atomic E-state index is 14.1. The molecule has 0 bridgehead atoms. The van der Waals surface area contributed by atoms with Gasteiger partial charge in [-0.25, -0.2) is 21.2 Å². The molecule has 0 saturated carbocycles. The van der Waals surface area contributed by atoms with Crippen LogP contribution in [0, 0.1) is 5.82 Å². The van der Waals surface area contributed by atoms with Crippen LogP contribution in [0.3, 0.4) is 0 Å². The monoisotopic (exact) mass is 388 g/mol. The van der Waals surface area contributed by atoms with Crippen molar-refractivity contribution >= 4 is 25.7 Å². The molecule has 2 heterocycles. The van der Waals surface area contributed by atoms with Gasteiger partial charge in [0.25, 0.3) is 0 Å². The van der Waals surface area contributed by atoms with Crippen molar-refractivity contribution in [1.29, 1.82) is 0 Å². The lowest BCUT2D eigenvalue weighted by Crippen LogP contribution is -2.30. The Morgan fingerprint density at radius 2 is 1.96 bits per heavy atom. The molecule has 0 fully saturated rings. The van der Waals surface area contributed by atoms with Gasteiger partial charge in [-0.3, -0.25) is 4.72 Å². The van der Waals surface area contributed by atoms with E-state index in [0.29, 0.717) is 12.8 Å². The molecule has 0 saturated heterocycles. The zero-order chi connectivity index (χ0) is 18.2. The third-order valence-electron chi connectivity index (χ3n) is 3.87. The predicted octanol–water partition coefficient (Wildman–Crippen LogP) is 1.93. The number of benzene rings is 1. The van der Waals surface area contributed by atoms with Crippen molar-refractivity contribution in [3.05, 3.63) is 47.7 Å². The van der Waals surface area contributed by atoms with Crippen molar-refractivity contribution < 1.29 is 25.6 Å². The Bertz CT molecular complexity index is 999. The standard InChI is InChI=1S/C15H17FN2O5S2/c1-24(19,20)17-14-5-4-12(9-13(14)16)25(21,22)18-7-2-3-15-11(10-18)6-8-23-15/h4-6,8-9,17H,2-3,7,10H2,1H3. The summed E-state index contributed by atoms with van der Waals surface area (Å²) in [7, 11) is -7.58. The van der Waals surface area contributed by atoms with Crippen LogP contribution in [0.5, 0.6) is 0 Å². The van der Waals surface area contributed by atoms with Crippen molar-refractivity contribution in [1.82, 2.24) is 4.31 Å². The topological polar surface area (TPSA) is 96.7 Å². The quantitative estimate of drug-likeness (QED) is 0.863. The van der Waals surface area contributed by atoms with E-state index in [0.717, 1.165) is 29.7 Å². The summed E-state index contributed by atoms with van der Waals surface area (Å²) >= 11 is 0. The van der Waals surface area contributed by atoms with E-state index < -0.39 is 25.9 Å². The first-order valence-corrected chi connectivity index (χ1v) is 10.8. The van der Waals surface area contributed by atoms with Crippen LogP contribution < -0.4 is 4.72 Å². The summed E-state index contributed by atoms with van der Waals surface area (Å²) in [5.74, 6) is -0.193. The zero-order valence-corrected chi connectivity index (χ0v) is 15.0. The van der Waals surface area contributed by atoms with Crippen LogP contribution in [0.2, 0.25) is 0 Å². The number of anilines is 1. The van der Waals surface area contributed by atoms with Gasteiger partial charge < -0.3 is 4.42 Å². The summed E-state index contributed by atoms with van der Waals surface area (Å²) < 4.78 is 70.8. The van der Waals surface area contributed by atoms with Gasteiger partial charge in [0.15, 0.2) is 0 Å². The summed E-state index contributed by atoms with van der Waals surface area (Å²) in [6.45, 7) is 0.441. The summed E-state index contributed by atoms with van der Waals surface area (Å²) in [4.78, 5) is -0.226. The minimum Gasteiger partial charge on any atom is -0.469 e. The summed E-state index contributed by atoms with van der Waals surface area (Å²) in [5.41, 5.74) is 0.492. The van der Waals surface area contributed by atoms with E-state index in [9.17, 15) is 21.2 Å². The zero-order valence-electron chi connectivity index (χ0n) is 13.4. The molecule has 0 amide bonds. The number of hydrogen-bond acceptors (Lipinski definition) is 5. The first-order valence-electron chi connectivity index (χ1n) is 7.49. The van der Waals surface area contributed by atoms with Gasteiger partial charge in [-0.1, -0.05) is 0 Å². The van der Waals surface area contributed by atoms with Crippen LogP contribution in [0.1, 0.15) is 17.7 Å². The van der Waals surface area contributed by atoms with Gasteiger partial charge in [-0.15, -0.1) is 0 Å². The van der Waals surface area contributed by atoms with Gasteiger partial charge in [0.1, 0.15) is 11.6 Å². The Labute approximate surface area is 145 Å². The largest absolute Gasteiger partial charge is 0.469 e. The highest BCUT2D eigenvalue weighted by molar-refractivity contribution is 7.92. The predicted molar refractivity (Wildman–Crippen MR) is 89.5 cm³/mol. The molecule has 1 aliphatic rings. The molecule has 7 nitrogen and oxygen atoms in total. The van der Waals surface area contributed by atoms with Gasteiger partial charge in [-0.2, -0.15) is 4.31 Å². The number of furan rings is 1. The molecule has 1 aliphatic heterocycles. The molecular formula is C15H17FN2O5S2. The molecule has 0 radical (unpaired) electrons. The highest BCUT2D eigenvalue weighted by atomic mass is 32.2. The number of halogens is 1. The molecule has 10 heteroatoms. The Morgan fingerprint density at radius 3 is 2.64 bits per heavy atom. The minimum absolute atomic E-state index is 0.152. The molecule has 0 unspecified atom stereocenters. The molecule has 136 valence electrons. The Kier molecular flexibility index (Phi) is 4.60. The summed E-state index contributed by atoms with van der Waals surface area (Å²) in [6.07, 6.45) is 3.64. The van der Waals surface area contributed by atoms with E-state index in [1.807, 2.05) is 4.72 Å². The second kappa shape index (κ2) is 6.43.